The fourth-order valence-electron chi connectivity index (χ4n) is 2.90. The zero-order chi connectivity index (χ0) is 18.8. The van der Waals surface area contributed by atoms with Crippen molar-refractivity contribution in [2.45, 2.75) is 45.4 Å². The highest BCUT2D eigenvalue weighted by molar-refractivity contribution is 6.47. The molecule has 0 bridgehead atoms. The van der Waals surface area contributed by atoms with Gasteiger partial charge in [-0.2, -0.15) is 0 Å². The summed E-state index contributed by atoms with van der Waals surface area (Å²) in [7, 11) is 2.30. The van der Waals surface area contributed by atoms with Crippen LogP contribution in [-0.4, -0.2) is 30.4 Å². The van der Waals surface area contributed by atoms with Gasteiger partial charge in [-0.3, -0.25) is 0 Å². The van der Waals surface area contributed by atoms with Crippen LogP contribution in [0.4, 0.5) is 0 Å². The monoisotopic (exact) mass is 349 g/mol. The molecule has 0 spiro atoms. The standard InChI is InChI=1S/C22H28BNO2/c1-21(2,25-5)22(3,4)26-23-19-12-10-17(11-13-19)16-24-15-14-18-8-6-7-9-20(18)24/h6-15,23H,16H2,1-5H3. The van der Waals surface area contributed by atoms with Gasteiger partial charge in [-0.05, 0) is 50.8 Å². The molecule has 136 valence electrons. The SMILES string of the molecule is COC(C)(C)C(C)(C)OBc1ccc(Cn2ccc3ccccc32)cc1. The van der Waals surface area contributed by atoms with Crippen molar-refractivity contribution < 1.29 is 9.39 Å². The van der Waals surface area contributed by atoms with Gasteiger partial charge in [-0.15, -0.1) is 0 Å². The average Bonchev–Trinajstić information content (AvgIpc) is 3.04. The molecule has 0 amide bonds. The van der Waals surface area contributed by atoms with Crippen LogP contribution in [0.2, 0.25) is 0 Å². The molecular formula is C22H28BNO2. The molecule has 0 atom stereocenters. The Bertz CT molecular complexity index is 865. The highest BCUT2D eigenvalue weighted by Crippen LogP contribution is 2.27. The number of nitrogens with zero attached hydrogens (tertiary/aromatic N) is 1. The first kappa shape index (κ1) is 18.7. The van der Waals surface area contributed by atoms with Gasteiger partial charge in [0.25, 0.3) is 0 Å². The summed E-state index contributed by atoms with van der Waals surface area (Å²) < 4.78 is 14.0. The van der Waals surface area contributed by atoms with E-state index in [0.717, 1.165) is 6.54 Å². The van der Waals surface area contributed by atoms with Crippen LogP contribution < -0.4 is 5.46 Å². The second kappa shape index (κ2) is 7.30. The lowest BCUT2D eigenvalue weighted by molar-refractivity contribution is -0.114. The number of aromatic nitrogens is 1. The molecule has 0 radical (unpaired) electrons. The zero-order valence-electron chi connectivity index (χ0n) is 16.5. The van der Waals surface area contributed by atoms with Gasteiger partial charge in [0, 0.05) is 25.4 Å². The number of rotatable bonds is 7. The Morgan fingerprint density at radius 1 is 0.885 bits per heavy atom. The summed E-state index contributed by atoms with van der Waals surface area (Å²) in [6, 6.07) is 19.3. The number of methoxy groups -OCH3 is 1. The van der Waals surface area contributed by atoms with E-state index in [9.17, 15) is 0 Å². The molecule has 0 aliphatic heterocycles. The van der Waals surface area contributed by atoms with Gasteiger partial charge < -0.3 is 14.0 Å². The molecule has 26 heavy (non-hydrogen) atoms. The maximum absolute atomic E-state index is 6.14. The first-order chi connectivity index (χ1) is 12.3. The molecule has 2 aromatic carbocycles. The summed E-state index contributed by atoms with van der Waals surface area (Å²) >= 11 is 0. The van der Waals surface area contributed by atoms with Crippen LogP contribution >= 0.6 is 0 Å². The van der Waals surface area contributed by atoms with Crippen molar-refractivity contribution in [3.63, 3.8) is 0 Å². The van der Waals surface area contributed by atoms with Crippen LogP contribution in [0.15, 0.2) is 60.8 Å². The third-order valence-corrected chi connectivity index (χ3v) is 5.62. The van der Waals surface area contributed by atoms with E-state index >= 15 is 0 Å². The van der Waals surface area contributed by atoms with Gasteiger partial charge in [0.05, 0.1) is 11.2 Å². The van der Waals surface area contributed by atoms with E-state index in [1.165, 1.54) is 21.9 Å². The van der Waals surface area contributed by atoms with E-state index in [0.29, 0.717) is 7.48 Å². The van der Waals surface area contributed by atoms with E-state index in [2.05, 4.69) is 93.1 Å². The molecule has 0 saturated heterocycles. The molecule has 0 fully saturated rings. The maximum Gasteiger partial charge on any atom is 0.309 e. The molecule has 0 aliphatic rings. The van der Waals surface area contributed by atoms with Crippen molar-refractivity contribution in [1.29, 1.82) is 0 Å². The number of ether oxygens (including phenoxy) is 1. The van der Waals surface area contributed by atoms with Gasteiger partial charge in [-0.25, -0.2) is 0 Å². The topological polar surface area (TPSA) is 23.4 Å². The average molecular weight is 349 g/mol. The summed E-state index contributed by atoms with van der Waals surface area (Å²) in [5, 5.41) is 1.28. The minimum absolute atomic E-state index is 0.345. The predicted octanol–water partition coefficient (Wildman–Crippen LogP) is 3.89. The van der Waals surface area contributed by atoms with Gasteiger partial charge in [0.1, 0.15) is 0 Å². The molecule has 3 nitrogen and oxygen atoms in total. The van der Waals surface area contributed by atoms with Crippen LogP contribution in [0.1, 0.15) is 33.3 Å². The van der Waals surface area contributed by atoms with Gasteiger partial charge in [0.15, 0.2) is 0 Å². The molecule has 3 aromatic rings. The molecule has 0 saturated carbocycles. The Morgan fingerprint density at radius 2 is 1.58 bits per heavy atom. The van der Waals surface area contributed by atoms with E-state index < -0.39 is 0 Å². The van der Waals surface area contributed by atoms with Crippen LogP contribution in [-0.2, 0) is 15.9 Å². The Labute approximate surface area is 157 Å². The lowest BCUT2D eigenvalue weighted by Crippen LogP contribution is -2.50. The van der Waals surface area contributed by atoms with Crippen LogP contribution in [0.5, 0.6) is 0 Å². The van der Waals surface area contributed by atoms with Crippen LogP contribution in [0.3, 0.4) is 0 Å². The third kappa shape index (κ3) is 3.87. The van der Waals surface area contributed by atoms with Crippen molar-refractivity contribution in [1.82, 2.24) is 4.57 Å². The normalized spacial score (nSPS) is 12.5. The number of fused-ring (bicyclic) bond motifs is 1. The molecule has 0 aliphatic carbocycles. The lowest BCUT2D eigenvalue weighted by Gasteiger charge is -2.40. The number of hydrogen-bond acceptors (Lipinski definition) is 2. The molecular weight excluding hydrogens is 321 g/mol. The van der Waals surface area contributed by atoms with Crippen molar-refractivity contribution in [2.24, 2.45) is 0 Å². The molecule has 0 N–H and O–H groups in total. The molecule has 4 heteroatoms. The lowest BCUT2D eigenvalue weighted by atomic mass is 9.82. The van der Waals surface area contributed by atoms with E-state index in [4.69, 9.17) is 9.39 Å². The Morgan fingerprint density at radius 3 is 2.27 bits per heavy atom. The third-order valence-electron chi connectivity index (χ3n) is 5.62. The Kier molecular flexibility index (Phi) is 5.26. The molecule has 3 rings (SSSR count). The summed E-state index contributed by atoms with van der Waals surface area (Å²) in [5.74, 6) is 0. The largest absolute Gasteiger partial charge is 0.427 e. The molecule has 1 heterocycles. The Hall–Kier alpha value is -2.04. The fraction of sp³-hybridized carbons (Fsp3) is 0.364. The second-order valence-electron chi connectivity index (χ2n) is 7.83. The number of hydrogen-bond donors (Lipinski definition) is 0. The summed E-state index contributed by atoms with van der Waals surface area (Å²) in [5.41, 5.74) is 3.01. The van der Waals surface area contributed by atoms with Gasteiger partial charge in [-0.1, -0.05) is 47.9 Å². The van der Waals surface area contributed by atoms with Crippen molar-refractivity contribution in [3.8, 4) is 0 Å². The molecule has 1 aromatic heterocycles. The van der Waals surface area contributed by atoms with Crippen molar-refractivity contribution in [2.75, 3.05) is 7.11 Å². The minimum atomic E-state index is -0.371. The highest BCUT2D eigenvalue weighted by Gasteiger charge is 2.37. The van der Waals surface area contributed by atoms with Gasteiger partial charge in [0.2, 0.25) is 0 Å². The van der Waals surface area contributed by atoms with Crippen molar-refractivity contribution in [3.05, 3.63) is 66.4 Å². The smallest absolute Gasteiger partial charge is 0.309 e. The summed E-state index contributed by atoms with van der Waals surface area (Å²) in [4.78, 5) is 0. The van der Waals surface area contributed by atoms with E-state index in [1.54, 1.807) is 7.11 Å². The number of benzene rings is 2. The highest BCUT2D eigenvalue weighted by atomic mass is 16.5. The van der Waals surface area contributed by atoms with Gasteiger partial charge >= 0.3 is 7.48 Å². The summed E-state index contributed by atoms with van der Waals surface area (Å²) in [6.07, 6.45) is 2.15. The fourth-order valence-corrected chi connectivity index (χ4v) is 2.90. The molecule has 0 unspecified atom stereocenters. The first-order valence-electron chi connectivity index (χ1n) is 9.13. The predicted molar refractivity (Wildman–Crippen MR) is 111 cm³/mol. The van der Waals surface area contributed by atoms with Crippen LogP contribution in [0.25, 0.3) is 10.9 Å². The van der Waals surface area contributed by atoms with E-state index in [-0.39, 0.29) is 11.2 Å². The minimum Gasteiger partial charge on any atom is -0.427 e. The van der Waals surface area contributed by atoms with E-state index in [1.807, 2.05) is 0 Å². The maximum atomic E-state index is 6.14. The number of para-hydroxylation sites is 1. The summed E-state index contributed by atoms with van der Waals surface area (Å²) in [6.45, 7) is 9.12. The van der Waals surface area contributed by atoms with Crippen LogP contribution in [0, 0.1) is 0 Å². The zero-order valence-corrected chi connectivity index (χ0v) is 16.5. The van der Waals surface area contributed by atoms with Crippen molar-refractivity contribution >= 4 is 23.8 Å². The second-order valence-corrected chi connectivity index (χ2v) is 7.83. The Balaban J connectivity index is 1.65. The first-order valence-corrected chi connectivity index (χ1v) is 9.13. The quantitative estimate of drug-likeness (QED) is 0.604.